The van der Waals surface area contributed by atoms with Crippen LogP contribution in [-0.2, 0) is 9.59 Å². The van der Waals surface area contributed by atoms with Crippen LogP contribution in [0, 0.1) is 11.8 Å². The van der Waals surface area contributed by atoms with E-state index in [9.17, 15) is 9.59 Å². The highest BCUT2D eigenvalue weighted by molar-refractivity contribution is 8.00. The molecule has 0 radical (unpaired) electrons. The Bertz CT molecular complexity index is 309. The molecule has 0 aromatic heterocycles. The van der Waals surface area contributed by atoms with Gasteiger partial charge < -0.3 is 10.4 Å². The Morgan fingerprint density at radius 2 is 2.12 bits per heavy atom. The molecular weight excluding hydrogens is 226 g/mol. The Morgan fingerprint density at radius 3 is 2.50 bits per heavy atom. The molecule has 0 heterocycles. The fourth-order valence-electron chi connectivity index (χ4n) is 2.16. The number of carboxylic acid groups (broad SMARTS) is 1. The molecule has 16 heavy (non-hydrogen) atoms. The number of thioether (sulfide) groups is 1. The third kappa shape index (κ3) is 2.19. The van der Waals surface area contributed by atoms with Gasteiger partial charge >= 0.3 is 5.97 Å². The van der Waals surface area contributed by atoms with E-state index in [1.54, 1.807) is 0 Å². The highest BCUT2D eigenvalue weighted by Crippen LogP contribution is 2.43. The van der Waals surface area contributed by atoms with E-state index >= 15 is 0 Å². The number of carbonyl (C=O) groups is 2. The quantitative estimate of drug-likeness (QED) is 0.759. The summed E-state index contributed by atoms with van der Waals surface area (Å²) in [6.45, 7) is 0.690. The topological polar surface area (TPSA) is 66.4 Å². The summed E-state index contributed by atoms with van der Waals surface area (Å²) in [6, 6.07) is 0. The van der Waals surface area contributed by atoms with E-state index in [0.717, 1.165) is 12.8 Å². The van der Waals surface area contributed by atoms with Crippen molar-refractivity contribution in [3.8, 4) is 0 Å². The van der Waals surface area contributed by atoms with E-state index in [1.807, 2.05) is 11.8 Å². The fourth-order valence-corrected chi connectivity index (χ4v) is 3.07. The molecule has 2 saturated carbocycles. The molecular formula is C11H17NO3S. The normalized spacial score (nSPS) is 30.3. The number of hydrogen-bond acceptors (Lipinski definition) is 3. The zero-order valence-corrected chi connectivity index (χ0v) is 10.2. The second kappa shape index (κ2) is 4.28. The van der Waals surface area contributed by atoms with Gasteiger partial charge in [-0.05, 0) is 25.5 Å². The van der Waals surface area contributed by atoms with Gasteiger partial charge in [0.1, 0.15) is 0 Å². The molecule has 2 aliphatic carbocycles. The first-order valence-corrected chi connectivity index (χ1v) is 6.86. The molecule has 2 fully saturated rings. The summed E-state index contributed by atoms with van der Waals surface area (Å²) in [7, 11) is 0. The maximum absolute atomic E-state index is 11.6. The van der Waals surface area contributed by atoms with Crippen LogP contribution in [0.25, 0.3) is 0 Å². The van der Waals surface area contributed by atoms with E-state index in [2.05, 4.69) is 11.6 Å². The van der Waals surface area contributed by atoms with E-state index < -0.39 is 11.9 Å². The van der Waals surface area contributed by atoms with Crippen molar-refractivity contribution in [2.75, 3.05) is 12.8 Å². The molecule has 90 valence electrons. The van der Waals surface area contributed by atoms with Gasteiger partial charge in [0.25, 0.3) is 0 Å². The minimum Gasteiger partial charge on any atom is -0.481 e. The molecule has 2 atom stereocenters. The van der Waals surface area contributed by atoms with Crippen molar-refractivity contribution in [3.05, 3.63) is 0 Å². The van der Waals surface area contributed by atoms with Crippen molar-refractivity contribution in [2.45, 2.75) is 30.4 Å². The maximum atomic E-state index is 11.6. The van der Waals surface area contributed by atoms with Gasteiger partial charge in [-0.1, -0.05) is 6.42 Å². The Labute approximate surface area is 99.2 Å². The highest BCUT2D eigenvalue weighted by Gasteiger charge is 2.48. The third-order valence-corrected chi connectivity index (χ3v) is 5.15. The van der Waals surface area contributed by atoms with E-state index in [1.165, 1.54) is 6.42 Å². The van der Waals surface area contributed by atoms with Crippen molar-refractivity contribution >= 4 is 23.6 Å². The number of rotatable bonds is 5. The van der Waals surface area contributed by atoms with Crippen LogP contribution in [0.5, 0.6) is 0 Å². The Kier molecular flexibility index (Phi) is 3.15. The van der Waals surface area contributed by atoms with Crippen LogP contribution in [0.15, 0.2) is 0 Å². The van der Waals surface area contributed by atoms with Crippen LogP contribution < -0.4 is 5.32 Å². The Morgan fingerprint density at radius 1 is 1.44 bits per heavy atom. The minimum atomic E-state index is -0.844. The fraction of sp³-hybridized carbons (Fsp3) is 0.818. The van der Waals surface area contributed by atoms with Gasteiger partial charge in [-0.2, -0.15) is 11.8 Å². The van der Waals surface area contributed by atoms with Crippen molar-refractivity contribution < 1.29 is 14.7 Å². The lowest BCUT2D eigenvalue weighted by Gasteiger charge is -2.40. The molecule has 0 spiro atoms. The molecule has 0 unspecified atom stereocenters. The predicted molar refractivity (Wildman–Crippen MR) is 62.3 cm³/mol. The smallest absolute Gasteiger partial charge is 0.307 e. The molecule has 0 aromatic rings. The zero-order chi connectivity index (χ0) is 11.8. The molecule has 2 N–H and O–H groups in total. The first-order chi connectivity index (χ1) is 7.58. The monoisotopic (exact) mass is 243 g/mol. The summed E-state index contributed by atoms with van der Waals surface area (Å²) in [6.07, 6.45) is 6.12. The van der Waals surface area contributed by atoms with Crippen molar-refractivity contribution in [2.24, 2.45) is 11.8 Å². The average molecular weight is 243 g/mol. The van der Waals surface area contributed by atoms with Gasteiger partial charge in [-0.15, -0.1) is 0 Å². The number of hydrogen-bond donors (Lipinski definition) is 2. The molecule has 0 bridgehead atoms. The SMILES string of the molecule is CSC1(CNC(=O)[C@@H]2C[C@@H]2C(=O)O)CCC1. The molecule has 0 aromatic carbocycles. The van der Waals surface area contributed by atoms with Crippen molar-refractivity contribution in [1.29, 1.82) is 0 Å². The summed E-state index contributed by atoms with van der Waals surface area (Å²) in [5, 5.41) is 11.6. The van der Waals surface area contributed by atoms with E-state index in [0.29, 0.717) is 13.0 Å². The molecule has 0 aliphatic heterocycles. The summed E-state index contributed by atoms with van der Waals surface area (Å²) in [4.78, 5) is 22.3. The Balaban J connectivity index is 1.75. The lowest BCUT2D eigenvalue weighted by atomic mass is 9.84. The number of carboxylic acids is 1. The summed E-state index contributed by atoms with van der Waals surface area (Å²) < 4.78 is 0.225. The zero-order valence-electron chi connectivity index (χ0n) is 9.36. The van der Waals surface area contributed by atoms with E-state index in [-0.39, 0.29) is 16.6 Å². The van der Waals surface area contributed by atoms with Gasteiger partial charge in [-0.25, -0.2) is 0 Å². The van der Waals surface area contributed by atoms with Gasteiger partial charge in [-0.3, -0.25) is 9.59 Å². The average Bonchev–Trinajstić information content (AvgIpc) is 2.95. The summed E-state index contributed by atoms with van der Waals surface area (Å²) >= 11 is 1.81. The molecule has 0 saturated heterocycles. The van der Waals surface area contributed by atoms with E-state index in [4.69, 9.17) is 5.11 Å². The van der Waals surface area contributed by atoms with Crippen LogP contribution in [0.2, 0.25) is 0 Å². The molecule has 1 amide bonds. The van der Waals surface area contributed by atoms with Crippen LogP contribution in [0.3, 0.4) is 0 Å². The predicted octanol–water partition coefficient (Wildman–Crippen LogP) is 1.11. The van der Waals surface area contributed by atoms with Crippen LogP contribution in [-0.4, -0.2) is 34.5 Å². The lowest BCUT2D eigenvalue weighted by molar-refractivity contribution is -0.140. The molecule has 2 rings (SSSR count). The molecule has 4 nitrogen and oxygen atoms in total. The summed E-state index contributed by atoms with van der Waals surface area (Å²) in [5.74, 6) is -1.64. The van der Waals surface area contributed by atoms with Crippen LogP contribution in [0.4, 0.5) is 0 Å². The number of aliphatic carboxylic acids is 1. The van der Waals surface area contributed by atoms with Crippen molar-refractivity contribution in [3.63, 3.8) is 0 Å². The number of carbonyl (C=O) groups excluding carboxylic acids is 1. The second-order valence-electron chi connectivity index (χ2n) is 4.75. The van der Waals surface area contributed by atoms with Gasteiger partial charge in [0, 0.05) is 11.3 Å². The number of amides is 1. The van der Waals surface area contributed by atoms with Crippen LogP contribution >= 0.6 is 11.8 Å². The molecule has 2 aliphatic rings. The minimum absolute atomic E-state index is 0.0762. The highest BCUT2D eigenvalue weighted by atomic mass is 32.2. The third-order valence-electron chi connectivity index (χ3n) is 3.73. The van der Waals surface area contributed by atoms with Crippen molar-refractivity contribution in [1.82, 2.24) is 5.32 Å². The number of nitrogens with one attached hydrogen (secondary N) is 1. The first kappa shape index (κ1) is 11.8. The van der Waals surface area contributed by atoms with Gasteiger partial charge in [0.05, 0.1) is 11.8 Å². The first-order valence-electron chi connectivity index (χ1n) is 5.64. The largest absolute Gasteiger partial charge is 0.481 e. The van der Waals surface area contributed by atoms with Gasteiger partial charge in [0.15, 0.2) is 0 Å². The Hall–Kier alpha value is -0.710. The maximum Gasteiger partial charge on any atom is 0.307 e. The van der Waals surface area contributed by atoms with Crippen LogP contribution in [0.1, 0.15) is 25.7 Å². The molecule has 5 heteroatoms. The lowest BCUT2D eigenvalue weighted by Crippen LogP contribution is -2.45. The standard InChI is InChI=1S/C11H17NO3S/c1-16-11(3-2-4-11)6-12-9(13)7-5-8(7)10(14)15/h7-8H,2-6H2,1H3,(H,12,13)(H,14,15)/t7-,8+/m1/s1. The van der Waals surface area contributed by atoms with Gasteiger partial charge in [0.2, 0.25) is 5.91 Å². The summed E-state index contributed by atoms with van der Waals surface area (Å²) in [5.41, 5.74) is 0. The second-order valence-corrected chi connectivity index (χ2v) is 6.02.